The van der Waals surface area contributed by atoms with E-state index in [0.717, 1.165) is 18.5 Å². The minimum Gasteiger partial charge on any atom is -0.396 e. The van der Waals surface area contributed by atoms with Crippen molar-refractivity contribution in [2.75, 3.05) is 26.2 Å². The molecule has 1 saturated heterocycles. The summed E-state index contributed by atoms with van der Waals surface area (Å²) in [6, 6.07) is 7.11. The fourth-order valence-corrected chi connectivity index (χ4v) is 6.38. The Morgan fingerprint density at radius 1 is 1.00 bits per heavy atom. The van der Waals surface area contributed by atoms with Crippen LogP contribution in [0.4, 0.5) is 0 Å². The van der Waals surface area contributed by atoms with E-state index in [1.165, 1.54) is 73.4 Å². The number of fused-ring (bicyclic) bond motifs is 1. The number of piperidine rings is 1. The van der Waals surface area contributed by atoms with E-state index in [1.807, 2.05) is 11.3 Å². The van der Waals surface area contributed by atoms with Crippen LogP contribution in [0.2, 0.25) is 0 Å². The number of hydrogen-bond acceptors (Lipinski definition) is 4. The Bertz CT molecular complexity index is 877. The van der Waals surface area contributed by atoms with E-state index >= 15 is 0 Å². The Labute approximate surface area is 192 Å². The van der Waals surface area contributed by atoms with Crippen molar-refractivity contribution in [3.8, 4) is 11.3 Å². The van der Waals surface area contributed by atoms with Crippen molar-refractivity contribution < 1.29 is 5.11 Å². The molecule has 170 valence electrons. The van der Waals surface area contributed by atoms with E-state index in [4.69, 9.17) is 10.1 Å². The number of hydrogen-bond donors (Lipinski definition) is 1. The molecule has 1 aliphatic heterocycles. The van der Waals surface area contributed by atoms with Gasteiger partial charge in [-0.05, 0) is 92.6 Å². The van der Waals surface area contributed by atoms with Gasteiger partial charge in [0.2, 0.25) is 0 Å². The summed E-state index contributed by atoms with van der Waals surface area (Å²) < 4.78 is 0. The summed E-state index contributed by atoms with van der Waals surface area (Å²) >= 11 is 1.86. The molecule has 1 N–H and O–H groups in total. The van der Waals surface area contributed by atoms with Gasteiger partial charge in [0.15, 0.2) is 0 Å². The predicted octanol–water partition coefficient (Wildman–Crippen LogP) is 6.50. The number of benzene rings is 1. The number of rotatable bonds is 7. The molecular weight excluding hydrogens is 400 g/mol. The zero-order valence-corrected chi connectivity index (χ0v) is 20.7. The molecular formula is C27H40N2OS. The van der Waals surface area contributed by atoms with E-state index < -0.39 is 0 Å². The van der Waals surface area contributed by atoms with Gasteiger partial charge in [-0.25, -0.2) is 4.98 Å². The molecule has 0 saturated carbocycles. The van der Waals surface area contributed by atoms with E-state index in [0.29, 0.717) is 12.5 Å². The Kier molecular flexibility index (Phi) is 6.90. The second-order valence-electron chi connectivity index (χ2n) is 11.0. The minimum absolute atomic E-state index is 0.240. The maximum atomic E-state index is 8.94. The molecule has 0 radical (unpaired) electrons. The Balaban J connectivity index is 1.43. The lowest BCUT2D eigenvalue weighted by atomic mass is 9.63. The SMILES string of the molecule is CC1(C)CCC(C)(C)c2cc(-c3csc(C4CCN(CCCCCO)CC4)n3)ccc21. The quantitative estimate of drug-likeness (QED) is 0.499. The van der Waals surface area contributed by atoms with Crippen molar-refractivity contribution in [3.63, 3.8) is 0 Å². The van der Waals surface area contributed by atoms with Gasteiger partial charge in [-0.3, -0.25) is 0 Å². The van der Waals surface area contributed by atoms with E-state index in [2.05, 4.69) is 56.2 Å². The first-order chi connectivity index (χ1) is 14.8. The highest BCUT2D eigenvalue weighted by Gasteiger charge is 2.37. The van der Waals surface area contributed by atoms with Gasteiger partial charge in [0.25, 0.3) is 0 Å². The zero-order chi connectivity index (χ0) is 22.1. The van der Waals surface area contributed by atoms with Gasteiger partial charge in [-0.2, -0.15) is 0 Å². The first-order valence-corrected chi connectivity index (χ1v) is 13.1. The summed E-state index contributed by atoms with van der Waals surface area (Å²) in [5, 5.41) is 12.5. The number of aliphatic hydroxyl groups is 1. The molecule has 0 spiro atoms. The van der Waals surface area contributed by atoms with Gasteiger partial charge in [0, 0.05) is 23.5 Å². The highest BCUT2D eigenvalue weighted by Crippen LogP contribution is 2.47. The Hall–Kier alpha value is -1.23. The molecule has 4 heteroatoms. The first kappa shape index (κ1) is 22.9. The van der Waals surface area contributed by atoms with Crippen molar-refractivity contribution in [1.29, 1.82) is 0 Å². The van der Waals surface area contributed by atoms with Gasteiger partial charge in [-0.15, -0.1) is 11.3 Å². The summed E-state index contributed by atoms with van der Waals surface area (Å²) in [4.78, 5) is 7.71. The third kappa shape index (κ3) is 5.07. The van der Waals surface area contributed by atoms with E-state index in [-0.39, 0.29) is 10.8 Å². The third-order valence-corrected chi connectivity index (χ3v) is 8.75. The molecule has 2 aliphatic rings. The lowest BCUT2D eigenvalue weighted by Gasteiger charge is -2.42. The number of aliphatic hydroxyl groups excluding tert-OH is 1. The lowest BCUT2D eigenvalue weighted by molar-refractivity contribution is 0.205. The van der Waals surface area contributed by atoms with Gasteiger partial charge >= 0.3 is 0 Å². The molecule has 2 heterocycles. The van der Waals surface area contributed by atoms with Crippen LogP contribution < -0.4 is 0 Å². The summed E-state index contributed by atoms with van der Waals surface area (Å²) in [6.45, 7) is 13.4. The summed E-state index contributed by atoms with van der Waals surface area (Å²) in [7, 11) is 0. The monoisotopic (exact) mass is 440 g/mol. The summed E-state index contributed by atoms with van der Waals surface area (Å²) in [6.07, 6.45) is 8.23. The highest BCUT2D eigenvalue weighted by atomic mass is 32.1. The number of aromatic nitrogens is 1. The highest BCUT2D eigenvalue weighted by molar-refractivity contribution is 7.10. The second-order valence-corrected chi connectivity index (χ2v) is 11.9. The van der Waals surface area contributed by atoms with Crippen LogP contribution >= 0.6 is 11.3 Å². The topological polar surface area (TPSA) is 36.4 Å². The van der Waals surface area contributed by atoms with Crippen LogP contribution in [0.15, 0.2) is 23.6 Å². The van der Waals surface area contributed by atoms with Crippen LogP contribution in [0.5, 0.6) is 0 Å². The van der Waals surface area contributed by atoms with E-state index in [9.17, 15) is 0 Å². The largest absolute Gasteiger partial charge is 0.396 e. The molecule has 0 bridgehead atoms. The molecule has 31 heavy (non-hydrogen) atoms. The number of unbranched alkanes of at least 4 members (excludes halogenated alkanes) is 2. The zero-order valence-electron chi connectivity index (χ0n) is 19.9. The third-order valence-electron chi connectivity index (χ3n) is 7.74. The number of likely N-dealkylation sites (tertiary alicyclic amines) is 1. The van der Waals surface area contributed by atoms with Crippen molar-refractivity contribution in [3.05, 3.63) is 39.7 Å². The number of nitrogens with zero attached hydrogens (tertiary/aromatic N) is 2. The van der Waals surface area contributed by atoms with Crippen LogP contribution in [0.1, 0.15) is 94.7 Å². The average molecular weight is 441 g/mol. The Morgan fingerprint density at radius 3 is 2.42 bits per heavy atom. The molecule has 3 nitrogen and oxygen atoms in total. The predicted molar refractivity (Wildman–Crippen MR) is 132 cm³/mol. The van der Waals surface area contributed by atoms with Crippen molar-refractivity contribution in [1.82, 2.24) is 9.88 Å². The minimum atomic E-state index is 0.240. The van der Waals surface area contributed by atoms with Gasteiger partial charge in [0.05, 0.1) is 10.7 Å². The van der Waals surface area contributed by atoms with Crippen molar-refractivity contribution in [2.24, 2.45) is 0 Å². The van der Waals surface area contributed by atoms with Crippen molar-refractivity contribution in [2.45, 2.75) is 89.4 Å². The van der Waals surface area contributed by atoms with Crippen LogP contribution in [0.25, 0.3) is 11.3 Å². The fourth-order valence-electron chi connectivity index (χ4n) is 5.38. The van der Waals surface area contributed by atoms with Crippen LogP contribution in [0, 0.1) is 0 Å². The molecule has 1 aliphatic carbocycles. The van der Waals surface area contributed by atoms with Gasteiger partial charge in [0.1, 0.15) is 0 Å². The molecule has 0 amide bonds. The standard InChI is InChI=1S/C27H40N2OS/c1-26(2)12-13-27(3,4)23-18-21(8-9-22(23)26)24-19-31-25(28-24)20-10-15-29(16-11-20)14-6-5-7-17-30/h8-9,18-20,30H,5-7,10-17H2,1-4H3. The summed E-state index contributed by atoms with van der Waals surface area (Å²) in [5.74, 6) is 0.612. The molecule has 1 fully saturated rings. The molecule has 1 aromatic heterocycles. The number of thiazole rings is 1. The lowest BCUT2D eigenvalue weighted by Crippen LogP contribution is -2.33. The molecule has 4 rings (SSSR count). The van der Waals surface area contributed by atoms with Gasteiger partial charge < -0.3 is 10.0 Å². The van der Waals surface area contributed by atoms with Gasteiger partial charge in [-0.1, -0.05) is 39.8 Å². The maximum Gasteiger partial charge on any atom is 0.0964 e. The molecule has 1 aromatic carbocycles. The normalized spacial score (nSPS) is 21.2. The Morgan fingerprint density at radius 2 is 1.71 bits per heavy atom. The van der Waals surface area contributed by atoms with Crippen molar-refractivity contribution >= 4 is 11.3 Å². The average Bonchev–Trinajstić information content (AvgIpc) is 3.25. The van der Waals surface area contributed by atoms with E-state index in [1.54, 1.807) is 0 Å². The summed E-state index contributed by atoms with van der Waals surface area (Å²) in [5.41, 5.74) is 5.99. The van der Waals surface area contributed by atoms with Crippen LogP contribution in [0.3, 0.4) is 0 Å². The van der Waals surface area contributed by atoms with Crippen LogP contribution in [-0.4, -0.2) is 41.2 Å². The first-order valence-electron chi connectivity index (χ1n) is 12.2. The maximum absolute atomic E-state index is 8.94. The molecule has 0 unspecified atom stereocenters. The fraction of sp³-hybridized carbons (Fsp3) is 0.667. The molecule has 2 aromatic rings. The smallest absolute Gasteiger partial charge is 0.0964 e. The second kappa shape index (κ2) is 9.33. The van der Waals surface area contributed by atoms with Crippen LogP contribution in [-0.2, 0) is 10.8 Å². The molecule has 0 atom stereocenters.